The Labute approximate surface area is 78.7 Å². The molecule has 0 spiro atoms. The van der Waals surface area contributed by atoms with E-state index in [-0.39, 0.29) is 6.04 Å². The molecule has 0 bridgehead atoms. The molecule has 1 aliphatic heterocycles. The predicted molar refractivity (Wildman–Crippen MR) is 50.9 cm³/mol. The molecule has 13 heavy (non-hydrogen) atoms. The fourth-order valence-corrected chi connectivity index (χ4v) is 1.30. The van der Waals surface area contributed by atoms with Crippen LogP contribution in [0.1, 0.15) is 13.8 Å². The van der Waals surface area contributed by atoms with Crippen molar-refractivity contribution in [1.29, 1.82) is 0 Å². The van der Waals surface area contributed by atoms with Crippen molar-refractivity contribution < 1.29 is 14.5 Å². The molecule has 1 atom stereocenters. The van der Waals surface area contributed by atoms with Gasteiger partial charge in [-0.25, -0.2) is 9.98 Å². The molecule has 1 heterocycles. The van der Waals surface area contributed by atoms with Crippen molar-refractivity contribution in [1.82, 2.24) is 0 Å². The molecule has 0 saturated carbocycles. The lowest BCUT2D eigenvalue weighted by Crippen LogP contribution is -2.86. The van der Waals surface area contributed by atoms with Crippen LogP contribution in [0.25, 0.3) is 0 Å². The lowest BCUT2D eigenvalue weighted by molar-refractivity contribution is -0.504. The molecule has 1 N–H and O–H groups in total. The van der Waals surface area contributed by atoms with Gasteiger partial charge in [-0.3, -0.25) is 0 Å². The molecule has 0 aromatic rings. The van der Waals surface area contributed by atoms with Crippen LogP contribution >= 0.6 is 0 Å². The van der Waals surface area contributed by atoms with Gasteiger partial charge in [-0.05, 0) is 0 Å². The molecule has 0 radical (unpaired) electrons. The molecular formula is C9H17N2O2+. The Morgan fingerprint density at radius 2 is 2.08 bits per heavy atom. The van der Waals surface area contributed by atoms with E-state index >= 15 is 0 Å². The van der Waals surface area contributed by atoms with Crippen LogP contribution in [-0.2, 0) is 9.47 Å². The summed E-state index contributed by atoms with van der Waals surface area (Å²) >= 11 is 0. The molecule has 0 saturated heterocycles. The van der Waals surface area contributed by atoms with Crippen molar-refractivity contribution in [2.24, 2.45) is 10.9 Å². The summed E-state index contributed by atoms with van der Waals surface area (Å²) in [5.41, 5.74) is 0. The Kier molecular flexibility index (Phi) is 3.28. The lowest BCUT2D eigenvalue weighted by atomic mass is 10.0. The fraction of sp³-hybridized carbons (Fsp3) is 0.778. The minimum atomic E-state index is 0.133. The molecule has 0 fully saturated rings. The number of rotatable bonds is 1. The number of hydrogen-bond acceptors (Lipinski definition) is 3. The third-order valence-corrected chi connectivity index (χ3v) is 2.08. The summed E-state index contributed by atoms with van der Waals surface area (Å²) in [6.45, 7) is 4.78. The van der Waals surface area contributed by atoms with Gasteiger partial charge in [0.1, 0.15) is 0 Å². The van der Waals surface area contributed by atoms with Crippen molar-refractivity contribution in [3.05, 3.63) is 0 Å². The number of nitrogens with zero attached hydrogens (tertiary/aromatic N) is 1. The van der Waals surface area contributed by atoms with E-state index < -0.39 is 0 Å². The number of methoxy groups -OCH3 is 2. The Morgan fingerprint density at radius 1 is 1.38 bits per heavy atom. The van der Waals surface area contributed by atoms with E-state index in [4.69, 9.17) is 9.47 Å². The normalized spacial score (nSPS) is 22.4. The summed E-state index contributed by atoms with van der Waals surface area (Å²) in [5, 5.41) is 0. The topological polar surface area (TPSA) is 44.8 Å². The molecule has 0 amide bonds. The van der Waals surface area contributed by atoms with Gasteiger partial charge in [0.05, 0.1) is 14.2 Å². The van der Waals surface area contributed by atoms with Crippen LogP contribution in [0.4, 0.5) is 0 Å². The van der Waals surface area contributed by atoms with Gasteiger partial charge in [-0.15, -0.1) is 0 Å². The first-order valence-corrected chi connectivity index (χ1v) is 4.43. The van der Waals surface area contributed by atoms with Crippen LogP contribution in [0.2, 0.25) is 0 Å². The minimum absolute atomic E-state index is 0.133. The molecule has 0 aromatic carbocycles. The standard InChI is InChI=1S/C9H16N2O2/c1-6(2)8-9(13-4)10-5-7(11-8)12-3/h6,8H,5H2,1-4H3/p+1/t8-/m0/s1. The predicted octanol–water partition coefficient (Wildman–Crippen LogP) is -0.805. The zero-order chi connectivity index (χ0) is 9.84. The van der Waals surface area contributed by atoms with Crippen LogP contribution in [0.5, 0.6) is 0 Å². The van der Waals surface area contributed by atoms with Gasteiger partial charge in [0.25, 0.3) is 5.90 Å². The third kappa shape index (κ3) is 2.20. The molecule has 0 unspecified atom stereocenters. The smallest absolute Gasteiger partial charge is 0.357 e. The highest BCUT2D eigenvalue weighted by molar-refractivity contribution is 5.86. The minimum Gasteiger partial charge on any atom is -0.480 e. The van der Waals surface area contributed by atoms with E-state index in [9.17, 15) is 0 Å². The Balaban J connectivity index is 2.78. The highest BCUT2D eigenvalue weighted by Crippen LogP contribution is 2.02. The van der Waals surface area contributed by atoms with Crippen molar-refractivity contribution >= 4 is 11.8 Å². The molecule has 74 valence electrons. The van der Waals surface area contributed by atoms with Gasteiger partial charge in [-0.2, -0.15) is 0 Å². The van der Waals surface area contributed by atoms with Crippen molar-refractivity contribution in [2.75, 3.05) is 20.8 Å². The summed E-state index contributed by atoms with van der Waals surface area (Å²) < 4.78 is 10.3. The molecule has 0 aromatic heterocycles. The van der Waals surface area contributed by atoms with E-state index in [1.165, 1.54) is 0 Å². The zero-order valence-electron chi connectivity index (χ0n) is 8.63. The number of aliphatic imine (C=N–C) groups is 1. The summed E-state index contributed by atoms with van der Waals surface area (Å²) in [5.74, 6) is 2.00. The highest BCUT2D eigenvalue weighted by Gasteiger charge is 2.30. The second-order valence-corrected chi connectivity index (χ2v) is 3.35. The zero-order valence-corrected chi connectivity index (χ0v) is 8.63. The van der Waals surface area contributed by atoms with Crippen LogP contribution in [-0.4, -0.2) is 38.6 Å². The maximum absolute atomic E-state index is 5.18. The average Bonchev–Trinajstić information content (AvgIpc) is 2.16. The van der Waals surface area contributed by atoms with E-state index in [0.717, 1.165) is 11.8 Å². The third-order valence-electron chi connectivity index (χ3n) is 2.08. The van der Waals surface area contributed by atoms with Crippen LogP contribution < -0.4 is 4.99 Å². The SMILES string of the molecule is COC1=NCC(OC)=[NH+][C@H]1C(C)C. The van der Waals surface area contributed by atoms with Gasteiger partial charge in [0.15, 0.2) is 6.54 Å². The number of hydrogen-bond donors (Lipinski definition) is 1. The number of nitrogens with one attached hydrogen (secondary N) is 1. The monoisotopic (exact) mass is 185 g/mol. The second kappa shape index (κ2) is 4.25. The van der Waals surface area contributed by atoms with E-state index in [2.05, 4.69) is 23.8 Å². The van der Waals surface area contributed by atoms with Crippen LogP contribution in [0.15, 0.2) is 4.99 Å². The fourth-order valence-electron chi connectivity index (χ4n) is 1.30. The van der Waals surface area contributed by atoms with Gasteiger partial charge >= 0.3 is 5.90 Å². The molecule has 0 aliphatic carbocycles. The summed E-state index contributed by atoms with van der Waals surface area (Å²) in [7, 11) is 3.29. The first-order valence-electron chi connectivity index (χ1n) is 4.43. The second-order valence-electron chi connectivity index (χ2n) is 3.35. The van der Waals surface area contributed by atoms with Crippen molar-refractivity contribution in [3.63, 3.8) is 0 Å². The lowest BCUT2D eigenvalue weighted by Gasteiger charge is -2.16. The van der Waals surface area contributed by atoms with Crippen LogP contribution in [0.3, 0.4) is 0 Å². The molecule has 1 aliphatic rings. The first-order chi connectivity index (χ1) is 6.19. The van der Waals surface area contributed by atoms with Crippen LogP contribution in [0, 0.1) is 5.92 Å². The van der Waals surface area contributed by atoms with Crippen molar-refractivity contribution in [2.45, 2.75) is 19.9 Å². The summed E-state index contributed by atoms with van der Waals surface area (Å²) in [4.78, 5) is 7.52. The van der Waals surface area contributed by atoms with Gasteiger partial charge < -0.3 is 9.47 Å². The van der Waals surface area contributed by atoms with Gasteiger partial charge in [-0.1, -0.05) is 13.8 Å². The highest BCUT2D eigenvalue weighted by atomic mass is 16.5. The molecular weight excluding hydrogens is 168 g/mol. The molecule has 1 rings (SSSR count). The quantitative estimate of drug-likeness (QED) is 0.581. The molecule has 4 heteroatoms. The van der Waals surface area contributed by atoms with Gasteiger partial charge in [0, 0.05) is 5.92 Å². The Bertz CT molecular complexity index is 234. The Morgan fingerprint density at radius 3 is 2.54 bits per heavy atom. The van der Waals surface area contributed by atoms with E-state index in [1.54, 1.807) is 14.2 Å². The summed E-state index contributed by atoms with van der Waals surface area (Å²) in [6, 6.07) is 0.133. The van der Waals surface area contributed by atoms with E-state index in [1.807, 2.05) is 0 Å². The Hall–Kier alpha value is -1.06. The summed E-state index contributed by atoms with van der Waals surface area (Å²) in [6.07, 6.45) is 0. The van der Waals surface area contributed by atoms with E-state index in [0.29, 0.717) is 12.5 Å². The largest absolute Gasteiger partial charge is 0.480 e. The molecule has 4 nitrogen and oxygen atoms in total. The average molecular weight is 185 g/mol. The first kappa shape index (κ1) is 10.0. The maximum atomic E-state index is 5.18. The van der Waals surface area contributed by atoms with Crippen molar-refractivity contribution in [3.8, 4) is 0 Å². The number of ether oxygens (including phenoxy) is 2. The maximum Gasteiger partial charge on any atom is 0.357 e. The van der Waals surface area contributed by atoms with Gasteiger partial charge in [0.2, 0.25) is 6.04 Å².